The van der Waals surface area contributed by atoms with E-state index in [9.17, 15) is 5.26 Å². The summed E-state index contributed by atoms with van der Waals surface area (Å²) in [5.41, 5.74) is 0.676. The summed E-state index contributed by atoms with van der Waals surface area (Å²) in [7, 11) is 4.77. The van der Waals surface area contributed by atoms with Crippen molar-refractivity contribution in [2.24, 2.45) is 5.41 Å². The van der Waals surface area contributed by atoms with Crippen molar-refractivity contribution in [2.45, 2.75) is 33.1 Å². The monoisotopic (exact) mass is 277 g/mol. The van der Waals surface area contributed by atoms with Crippen molar-refractivity contribution in [2.75, 3.05) is 21.3 Å². The first-order valence-electron chi connectivity index (χ1n) is 6.79. The molecule has 1 aromatic carbocycles. The molecule has 4 nitrogen and oxygen atoms in total. The predicted octanol–water partition coefficient (Wildman–Crippen LogP) is 3.58. The first-order valence-corrected chi connectivity index (χ1v) is 6.79. The summed E-state index contributed by atoms with van der Waals surface area (Å²) < 4.78 is 16.0. The fourth-order valence-corrected chi connectivity index (χ4v) is 2.33. The fourth-order valence-electron chi connectivity index (χ4n) is 2.33. The molecule has 0 atom stereocenters. The van der Waals surface area contributed by atoms with Crippen LogP contribution in [0.5, 0.6) is 17.2 Å². The lowest BCUT2D eigenvalue weighted by Gasteiger charge is -2.24. The molecule has 4 heteroatoms. The summed E-state index contributed by atoms with van der Waals surface area (Å²) in [6.07, 6.45) is 2.31. The third kappa shape index (κ3) is 3.16. The van der Waals surface area contributed by atoms with Gasteiger partial charge in [0.25, 0.3) is 0 Å². The van der Waals surface area contributed by atoms with Crippen LogP contribution in [-0.4, -0.2) is 21.3 Å². The summed E-state index contributed by atoms with van der Waals surface area (Å²) in [6.45, 7) is 4.09. The van der Waals surface area contributed by atoms with Crippen LogP contribution in [0.2, 0.25) is 0 Å². The summed E-state index contributed by atoms with van der Waals surface area (Å²) in [5.74, 6) is 1.83. The van der Waals surface area contributed by atoms with Crippen LogP contribution < -0.4 is 14.2 Å². The zero-order chi connectivity index (χ0) is 15.2. The first-order chi connectivity index (χ1) is 9.59. The minimum Gasteiger partial charge on any atom is -0.493 e. The summed E-state index contributed by atoms with van der Waals surface area (Å²) in [6, 6.07) is 6.28. The van der Waals surface area contributed by atoms with Crippen LogP contribution in [0.15, 0.2) is 12.1 Å². The zero-order valence-electron chi connectivity index (χ0n) is 12.9. The van der Waals surface area contributed by atoms with Gasteiger partial charge in [-0.15, -0.1) is 0 Å². The number of hydrogen-bond acceptors (Lipinski definition) is 4. The molecule has 0 unspecified atom stereocenters. The van der Waals surface area contributed by atoms with Crippen molar-refractivity contribution in [3.05, 3.63) is 17.7 Å². The second-order valence-corrected chi connectivity index (χ2v) is 4.81. The Kier molecular flexibility index (Phi) is 5.69. The molecule has 0 N–H and O–H groups in total. The van der Waals surface area contributed by atoms with Gasteiger partial charge in [0.2, 0.25) is 5.75 Å². The van der Waals surface area contributed by atoms with Crippen LogP contribution in [0.3, 0.4) is 0 Å². The van der Waals surface area contributed by atoms with Gasteiger partial charge in [0.15, 0.2) is 11.5 Å². The maximum absolute atomic E-state index is 9.45. The quantitative estimate of drug-likeness (QED) is 0.764. The molecule has 0 spiro atoms. The lowest BCUT2D eigenvalue weighted by Crippen LogP contribution is -2.19. The molecule has 0 saturated heterocycles. The zero-order valence-corrected chi connectivity index (χ0v) is 12.9. The molecular weight excluding hydrogens is 254 g/mol. The molecule has 0 aliphatic heterocycles. The minimum atomic E-state index is -0.343. The van der Waals surface area contributed by atoms with Gasteiger partial charge in [0, 0.05) is 0 Å². The molecule has 0 aliphatic rings. The number of nitrogens with zero attached hydrogens (tertiary/aromatic N) is 1. The highest BCUT2D eigenvalue weighted by atomic mass is 16.5. The average Bonchev–Trinajstić information content (AvgIpc) is 2.51. The van der Waals surface area contributed by atoms with Crippen LogP contribution in [0.25, 0.3) is 0 Å². The van der Waals surface area contributed by atoms with E-state index in [1.807, 2.05) is 26.0 Å². The molecule has 0 heterocycles. The van der Waals surface area contributed by atoms with Crippen LogP contribution in [0.4, 0.5) is 0 Å². The van der Waals surface area contributed by atoms with Gasteiger partial charge in [0.05, 0.1) is 32.8 Å². The Labute approximate surface area is 121 Å². The number of rotatable bonds is 7. The van der Waals surface area contributed by atoms with Crippen molar-refractivity contribution in [1.29, 1.82) is 5.26 Å². The molecule has 0 aromatic heterocycles. The second kappa shape index (κ2) is 7.04. The van der Waals surface area contributed by atoms with Crippen molar-refractivity contribution in [3.63, 3.8) is 0 Å². The maximum atomic E-state index is 9.45. The number of benzene rings is 1. The van der Waals surface area contributed by atoms with Crippen LogP contribution in [0.1, 0.15) is 32.3 Å². The number of ether oxygens (including phenoxy) is 3. The Hall–Kier alpha value is -1.89. The van der Waals surface area contributed by atoms with E-state index < -0.39 is 0 Å². The standard InChI is InChI=1S/C16H23NO3/c1-6-16(7-2,11-17)10-12-8-13(18-3)15(20-5)14(9-12)19-4/h8-9H,6-7,10H2,1-5H3. The van der Waals surface area contributed by atoms with E-state index in [4.69, 9.17) is 14.2 Å². The molecule has 1 rings (SSSR count). The van der Waals surface area contributed by atoms with Crippen LogP contribution >= 0.6 is 0 Å². The molecule has 110 valence electrons. The molecule has 0 saturated carbocycles. The number of hydrogen-bond donors (Lipinski definition) is 0. The third-order valence-electron chi connectivity index (χ3n) is 3.86. The minimum absolute atomic E-state index is 0.343. The van der Waals surface area contributed by atoms with Crippen LogP contribution in [-0.2, 0) is 6.42 Å². The smallest absolute Gasteiger partial charge is 0.203 e. The molecule has 0 radical (unpaired) electrons. The Morgan fingerprint density at radius 2 is 1.50 bits per heavy atom. The fraction of sp³-hybridized carbons (Fsp3) is 0.562. The summed E-state index contributed by atoms with van der Waals surface area (Å²) >= 11 is 0. The Morgan fingerprint density at radius 1 is 1.00 bits per heavy atom. The number of nitriles is 1. The van der Waals surface area contributed by atoms with E-state index in [1.165, 1.54) is 0 Å². The summed E-state index contributed by atoms with van der Waals surface area (Å²) in [4.78, 5) is 0. The molecule has 20 heavy (non-hydrogen) atoms. The van der Waals surface area contributed by atoms with Gasteiger partial charge < -0.3 is 14.2 Å². The van der Waals surface area contributed by atoms with E-state index >= 15 is 0 Å². The van der Waals surface area contributed by atoms with Crippen molar-refractivity contribution < 1.29 is 14.2 Å². The Balaban J connectivity index is 3.23. The van der Waals surface area contributed by atoms with E-state index in [1.54, 1.807) is 21.3 Å². The largest absolute Gasteiger partial charge is 0.493 e. The topological polar surface area (TPSA) is 51.5 Å². The highest BCUT2D eigenvalue weighted by molar-refractivity contribution is 5.54. The van der Waals surface area contributed by atoms with Gasteiger partial charge in [-0.25, -0.2) is 0 Å². The average molecular weight is 277 g/mol. The first kappa shape index (κ1) is 16.2. The van der Waals surface area contributed by atoms with E-state index in [0.717, 1.165) is 18.4 Å². The van der Waals surface area contributed by atoms with Gasteiger partial charge in [0.1, 0.15) is 0 Å². The van der Waals surface area contributed by atoms with E-state index in [2.05, 4.69) is 6.07 Å². The lowest BCUT2D eigenvalue weighted by molar-refractivity contribution is 0.321. The molecule has 0 bridgehead atoms. The number of methoxy groups -OCH3 is 3. The normalized spacial score (nSPS) is 10.8. The second-order valence-electron chi connectivity index (χ2n) is 4.81. The Morgan fingerprint density at radius 3 is 1.80 bits per heavy atom. The third-order valence-corrected chi connectivity index (χ3v) is 3.86. The maximum Gasteiger partial charge on any atom is 0.203 e. The van der Waals surface area contributed by atoms with E-state index in [-0.39, 0.29) is 5.41 Å². The van der Waals surface area contributed by atoms with E-state index in [0.29, 0.717) is 23.7 Å². The van der Waals surface area contributed by atoms with Gasteiger partial charge in [-0.2, -0.15) is 5.26 Å². The lowest BCUT2D eigenvalue weighted by atomic mass is 9.78. The van der Waals surface area contributed by atoms with Crippen molar-refractivity contribution in [1.82, 2.24) is 0 Å². The SMILES string of the molecule is CCC(C#N)(CC)Cc1cc(OC)c(OC)c(OC)c1. The van der Waals surface area contributed by atoms with Gasteiger partial charge in [-0.05, 0) is 37.0 Å². The van der Waals surface area contributed by atoms with Gasteiger partial charge in [-0.3, -0.25) is 0 Å². The Bertz CT molecular complexity index is 462. The van der Waals surface area contributed by atoms with Crippen LogP contribution in [0, 0.1) is 16.7 Å². The highest BCUT2D eigenvalue weighted by Crippen LogP contribution is 2.40. The molecule has 0 amide bonds. The van der Waals surface area contributed by atoms with Crippen molar-refractivity contribution in [3.8, 4) is 23.3 Å². The molecule has 1 aromatic rings. The molecule has 0 fully saturated rings. The molecule has 0 aliphatic carbocycles. The molecular formula is C16H23NO3. The van der Waals surface area contributed by atoms with Crippen molar-refractivity contribution >= 4 is 0 Å². The predicted molar refractivity (Wildman–Crippen MR) is 78.4 cm³/mol. The van der Waals surface area contributed by atoms with Gasteiger partial charge in [-0.1, -0.05) is 13.8 Å². The summed E-state index contributed by atoms with van der Waals surface area (Å²) in [5, 5.41) is 9.45. The van der Waals surface area contributed by atoms with Gasteiger partial charge >= 0.3 is 0 Å². The highest BCUT2D eigenvalue weighted by Gasteiger charge is 2.27.